The molecule has 3 heteroatoms. The second-order valence-corrected chi connectivity index (χ2v) is 3.10. The maximum Gasteiger partial charge on any atom is 0.165 e. The summed E-state index contributed by atoms with van der Waals surface area (Å²) in [5.74, 6) is -0.220. The molecular weight excluding hydrogens is 178 g/mol. The van der Waals surface area contributed by atoms with Gasteiger partial charge in [0.1, 0.15) is 0 Å². The molecule has 3 nitrogen and oxygen atoms in total. The van der Waals surface area contributed by atoms with Crippen LogP contribution in [-0.4, -0.2) is 11.6 Å². The molecule has 0 spiro atoms. The minimum absolute atomic E-state index is 0.0895. The van der Waals surface area contributed by atoms with Gasteiger partial charge in [0.05, 0.1) is 5.56 Å². The average molecular weight is 191 g/mol. The standard InChI is InChI=1S/C11H13NO2/c1-3-10(14)11-8(7(2)13)5-4-6-9(11)12/h4-6H,3,12H2,1-2H3. The van der Waals surface area contributed by atoms with Crippen molar-refractivity contribution in [1.29, 1.82) is 0 Å². The topological polar surface area (TPSA) is 60.2 Å². The number of ketones is 2. The molecule has 0 aliphatic heterocycles. The number of carbonyl (C=O) groups excluding carboxylic acids is 2. The molecule has 14 heavy (non-hydrogen) atoms. The van der Waals surface area contributed by atoms with E-state index in [0.717, 1.165) is 0 Å². The van der Waals surface area contributed by atoms with E-state index in [9.17, 15) is 9.59 Å². The molecule has 1 rings (SSSR count). The molecule has 0 saturated heterocycles. The number of anilines is 1. The zero-order valence-electron chi connectivity index (χ0n) is 8.33. The summed E-state index contributed by atoms with van der Waals surface area (Å²) >= 11 is 0. The Morgan fingerprint density at radius 2 is 2.00 bits per heavy atom. The molecule has 0 saturated carbocycles. The summed E-state index contributed by atoms with van der Waals surface area (Å²) in [6.07, 6.45) is 0.356. The third-order valence-electron chi connectivity index (χ3n) is 2.08. The number of carbonyl (C=O) groups is 2. The molecule has 0 radical (unpaired) electrons. The van der Waals surface area contributed by atoms with E-state index < -0.39 is 0 Å². The molecule has 0 aliphatic carbocycles. The molecule has 0 aliphatic rings. The molecule has 0 atom stereocenters. The summed E-state index contributed by atoms with van der Waals surface area (Å²) in [6, 6.07) is 4.94. The van der Waals surface area contributed by atoms with Crippen LogP contribution < -0.4 is 5.73 Å². The highest BCUT2D eigenvalue weighted by molar-refractivity contribution is 6.11. The Bertz CT molecular complexity index is 383. The number of hydrogen-bond donors (Lipinski definition) is 1. The highest BCUT2D eigenvalue weighted by Gasteiger charge is 2.15. The summed E-state index contributed by atoms with van der Waals surface area (Å²) in [4.78, 5) is 22.8. The van der Waals surface area contributed by atoms with E-state index in [1.54, 1.807) is 25.1 Å². The summed E-state index contributed by atoms with van der Waals surface area (Å²) < 4.78 is 0. The summed E-state index contributed by atoms with van der Waals surface area (Å²) in [5, 5.41) is 0. The quantitative estimate of drug-likeness (QED) is 0.587. The second-order valence-electron chi connectivity index (χ2n) is 3.10. The number of hydrogen-bond acceptors (Lipinski definition) is 3. The van der Waals surface area contributed by atoms with Gasteiger partial charge in [0.2, 0.25) is 0 Å². The monoisotopic (exact) mass is 191 g/mol. The van der Waals surface area contributed by atoms with Gasteiger partial charge in [-0.15, -0.1) is 0 Å². The van der Waals surface area contributed by atoms with E-state index in [-0.39, 0.29) is 11.6 Å². The molecule has 1 aromatic rings. The van der Waals surface area contributed by atoms with Gasteiger partial charge in [0.15, 0.2) is 11.6 Å². The van der Waals surface area contributed by atoms with Crippen molar-refractivity contribution >= 4 is 17.3 Å². The maximum atomic E-state index is 11.5. The summed E-state index contributed by atoms with van der Waals surface area (Å²) in [6.45, 7) is 3.18. The van der Waals surface area contributed by atoms with Gasteiger partial charge in [0, 0.05) is 17.7 Å². The highest BCUT2D eigenvalue weighted by atomic mass is 16.1. The van der Waals surface area contributed by atoms with Crippen molar-refractivity contribution in [3.05, 3.63) is 29.3 Å². The Balaban J connectivity index is 3.36. The Morgan fingerprint density at radius 3 is 2.50 bits per heavy atom. The first-order valence-electron chi connectivity index (χ1n) is 4.50. The second kappa shape index (κ2) is 4.05. The van der Waals surface area contributed by atoms with Gasteiger partial charge in [-0.2, -0.15) is 0 Å². The van der Waals surface area contributed by atoms with Gasteiger partial charge in [-0.05, 0) is 13.0 Å². The fourth-order valence-corrected chi connectivity index (χ4v) is 1.35. The Hall–Kier alpha value is -1.64. The van der Waals surface area contributed by atoms with Crippen LogP contribution in [0.5, 0.6) is 0 Å². The molecule has 0 aromatic heterocycles. The molecule has 0 heterocycles. The molecule has 74 valence electrons. The van der Waals surface area contributed by atoms with E-state index in [1.165, 1.54) is 6.92 Å². The lowest BCUT2D eigenvalue weighted by molar-refractivity contribution is 0.0966. The van der Waals surface area contributed by atoms with Crippen molar-refractivity contribution in [3.8, 4) is 0 Å². The molecular formula is C11H13NO2. The van der Waals surface area contributed by atoms with E-state index >= 15 is 0 Å². The van der Waals surface area contributed by atoms with Crippen LogP contribution in [-0.2, 0) is 0 Å². The van der Waals surface area contributed by atoms with Gasteiger partial charge >= 0.3 is 0 Å². The first-order valence-corrected chi connectivity index (χ1v) is 4.50. The summed E-state index contributed by atoms with van der Waals surface area (Å²) in [5.41, 5.74) is 6.82. The van der Waals surface area contributed by atoms with E-state index in [0.29, 0.717) is 23.2 Å². The van der Waals surface area contributed by atoms with Gasteiger partial charge in [-0.3, -0.25) is 9.59 Å². The Labute approximate surface area is 82.9 Å². The number of nitrogens with two attached hydrogens (primary N) is 1. The van der Waals surface area contributed by atoms with Crippen LogP contribution in [0.25, 0.3) is 0 Å². The normalized spacial score (nSPS) is 9.86. The van der Waals surface area contributed by atoms with Gasteiger partial charge in [-0.25, -0.2) is 0 Å². The third-order valence-corrected chi connectivity index (χ3v) is 2.08. The Morgan fingerprint density at radius 1 is 1.36 bits per heavy atom. The zero-order valence-corrected chi connectivity index (χ0v) is 8.33. The van der Waals surface area contributed by atoms with Crippen LogP contribution in [0.3, 0.4) is 0 Å². The predicted molar refractivity (Wildman–Crippen MR) is 55.5 cm³/mol. The largest absolute Gasteiger partial charge is 0.398 e. The van der Waals surface area contributed by atoms with Gasteiger partial charge < -0.3 is 5.73 Å². The smallest absolute Gasteiger partial charge is 0.165 e. The van der Waals surface area contributed by atoms with Crippen molar-refractivity contribution in [3.63, 3.8) is 0 Å². The first-order chi connectivity index (χ1) is 6.57. The first kappa shape index (κ1) is 10.4. The van der Waals surface area contributed by atoms with Crippen LogP contribution in [0.15, 0.2) is 18.2 Å². The van der Waals surface area contributed by atoms with Crippen LogP contribution in [0, 0.1) is 0 Å². The number of rotatable bonds is 3. The average Bonchev–Trinajstić information content (AvgIpc) is 2.16. The van der Waals surface area contributed by atoms with Crippen molar-refractivity contribution in [1.82, 2.24) is 0 Å². The van der Waals surface area contributed by atoms with Crippen LogP contribution in [0.1, 0.15) is 41.0 Å². The minimum Gasteiger partial charge on any atom is -0.398 e. The highest BCUT2D eigenvalue weighted by Crippen LogP contribution is 2.19. The maximum absolute atomic E-state index is 11.5. The van der Waals surface area contributed by atoms with E-state index in [1.807, 2.05) is 0 Å². The molecule has 0 bridgehead atoms. The van der Waals surface area contributed by atoms with Crippen LogP contribution in [0.4, 0.5) is 5.69 Å². The van der Waals surface area contributed by atoms with Crippen molar-refractivity contribution in [2.75, 3.05) is 5.73 Å². The summed E-state index contributed by atoms with van der Waals surface area (Å²) in [7, 11) is 0. The van der Waals surface area contributed by atoms with Crippen LogP contribution >= 0.6 is 0 Å². The number of nitrogen functional groups attached to an aromatic ring is 1. The van der Waals surface area contributed by atoms with Crippen molar-refractivity contribution < 1.29 is 9.59 Å². The third kappa shape index (κ3) is 1.82. The van der Waals surface area contributed by atoms with E-state index in [4.69, 9.17) is 5.73 Å². The lowest BCUT2D eigenvalue weighted by Crippen LogP contribution is -2.09. The van der Waals surface area contributed by atoms with Crippen LogP contribution in [0.2, 0.25) is 0 Å². The molecule has 1 aromatic carbocycles. The lowest BCUT2D eigenvalue weighted by Gasteiger charge is -2.07. The Kier molecular flexibility index (Phi) is 3.02. The van der Waals surface area contributed by atoms with Gasteiger partial charge in [0.25, 0.3) is 0 Å². The predicted octanol–water partition coefficient (Wildman–Crippen LogP) is 2.06. The number of Topliss-reactive ketones (excluding diaryl/α,β-unsaturated/α-hetero) is 2. The fourth-order valence-electron chi connectivity index (χ4n) is 1.35. The molecule has 0 amide bonds. The SMILES string of the molecule is CCC(=O)c1c(N)cccc1C(C)=O. The molecule has 0 fully saturated rings. The molecule has 0 unspecified atom stereocenters. The number of benzene rings is 1. The minimum atomic E-state index is -0.130. The lowest BCUT2D eigenvalue weighted by atomic mass is 9.98. The van der Waals surface area contributed by atoms with Gasteiger partial charge in [-0.1, -0.05) is 19.1 Å². The van der Waals surface area contributed by atoms with Crippen molar-refractivity contribution in [2.24, 2.45) is 0 Å². The van der Waals surface area contributed by atoms with Crippen molar-refractivity contribution in [2.45, 2.75) is 20.3 Å². The fraction of sp³-hybridized carbons (Fsp3) is 0.273. The molecule has 2 N–H and O–H groups in total. The van der Waals surface area contributed by atoms with E-state index in [2.05, 4.69) is 0 Å². The zero-order chi connectivity index (χ0) is 10.7.